The lowest BCUT2D eigenvalue weighted by Gasteiger charge is -2.23. The van der Waals surface area contributed by atoms with Crippen LogP contribution in [0.25, 0.3) is 10.9 Å². The van der Waals surface area contributed by atoms with Crippen LogP contribution in [0.1, 0.15) is 47.4 Å². The number of nitrogens with zero attached hydrogens (tertiary/aromatic N) is 2. The van der Waals surface area contributed by atoms with E-state index in [1.54, 1.807) is 24.3 Å². The Kier molecular flexibility index (Phi) is 9.44. The number of halogens is 3. The van der Waals surface area contributed by atoms with E-state index in [0.717, 1.165) is 49.8 Å². The molecule has 0 saturated carbocycles. The molecular weight excluding hydrogens is 535 g/mol. The molecule has 218 valence electrons. The molecule has 2 fully saturated rings. The Morgan fingerprint density at radius 2 is 1.73 bits per heavy atom. The van der Waals surface area contributed by atoms with Crippen LogP contribution in [-0.4, -0.2) is 66.7 Å². The summed E-state index contributed by atoms with van der Waals surface area (Å²) in [5, 5.41) is 10.3. The Morgan fingerprint density at radius 1 is 1.00 bits per heavy atom. The second-order valence-electron chi connectivity index (χ2n) is 10.3. The molecule has 0 aliphatic carbocycles. The van der Waals surface area contributed by atoms with Crippen molar-refractivity contribution in [1.29, 1.82) is 0 Å². The summed E-state index contributed by atoms with van der Waals surface area (Å²) in [4.78, 5) is 16.7. The Bertz CT molecular complexity index is 1380. The zero-order valence-corrected chi connectivity index (χ0v) is 22.7. The normalized spacial score (nSPS) is 16.8. The second kappa shape index (κ2) is 13.4. The maximum absolute atomic E-state index is 13.4. The van der Waals surface area contributed by atoms with Gasteiger partial charge >= 0.3 is 6.18 Å². The van der Waals surface area contributed by atoms with Gasteiger partial charge in [0.05, 0.1) is 24.1 Å². The van der Waals surface area contributed by atoms with E-state index in [1.807, 2.05) is 12.1 Å². The van der Waals surface area contributed by atoms with E-state index in [9.17, 15) is 18.0 Å². The smallest absolute Gasteiger partial charge is 0.381 e. The molecule has 0 unspecified atom stereocenters. The number of pyridine rings is 1. The SMILES string of the molecule is O=C(NC1CCOCC1)c1ccc(NCC#Cc2cc3cc(CNC4CCOCC4)ccc3n2CC(F)(F)F)cn1. The van der Waals surface area contributed by atoms with Crippen LogP contribution in [-0.2, 0) is 22.6 Å². The summed E-state index contributed by atoms with van der Waals surface area (Å²) >= 11 is 0. The maximum atomic E-state index is 13.4. The molecule has 1 amide bonds. The number of hydrogen-bond donors (Lipinski definition) is 3. The van der Waals surface area contributed by atoms with Crippen LogP contribution in [0.2, 0.25) is 0 Å². The monoisotopic (exact) mass is 569 g/mol. The van der Waals surface area contributed by atoms with Crippen LogP contribution in [0.15, 0.2) is 42.6 Å². The first-order valence-corrected chi connectivity index (χ1v) is 13.9. The van der Waals surface area contributed by atoms with E-state index >= 15 is 0 Å². The van der Waals surface area contributed by atoms with Crippen LogP contribution in [0.4, 0.5) is 18.9 Å². The Balaban J connectivity index is 1.22. The van der Waals surface area contributed by atoms with Gasteiger partial charge in [-0.1, -0.05) is 12.0 Å². The first kappa shape index (κ1) is 28.9. The number of nitrogens with one attached hydrogen (secondary N) is 3. The molecule has 2 saturated heterocycles. The molecule has 8 nitrogen and oxygen atoms in total. The van der Waals surface area contributed by atoms with Crippen molar-refractivity contribution in [2.75, 3.05) is 38.3 Å². The van der Waals surface area contributed by atoms with Crippen molar-refractivity contribution in [3.63, 3.8) is 0 Å². The summed E-state index contributed by atoms with van der Waals surface area (Å²) in [5.74, 6) is 5.59. The van der Waals surface area contributed by atoms with Crippen LogP contribution in [0.5, 0.6) is 0 Å². The summed E-state index contributed by atoms with van der Waals surface area (Å²) in [6.07, 6.45) is 0.613. The number of carbonyl (C=O) groups excluding carboxylic acids is 1. The number of aromatic nitrogens is 2. The molecule has 2 aromatic heterocycles. The molecule has 0 radical (unpaired) electrons. The largest absolute Gasteiger partial charge is 0.406 e. The van der Waals surface area contributed by atoms with Crippen molar-refractivity contribution >= 4 is 22.5 Å². The summed E-state index contributed by atoms with van der Waals surface area (Å²) in [6.45, 7) is 2.47. The second-order valence-corrected chi connectivity index (χ2v) is 10.3. The van der Waals surface area contributed by atoms with E-state index in [-0.39, 0.29) is 18.5 Å². The minimum Gasteiger partial charge on any atom is -0.381 e. The van der Waals surface area contributed by atoms with Crippen molar-refractivity contribution < 1.29 is 27.4 Å². The number of alkyl halides is 3. The predicted molar refractivity (Wildman–Crippen MR) is 150 cm³/mol. The fraction of sp³-hybridized carbons (Fsp3) is 0.467. The summed E-state index contributed by atoms with van der Waals surface area (Å²) in [6, 6.07) is 11.0. The predicted octanol–water partition coefficient (Wildman–Crippen LogP) is 4.24. The molecule has 3 aromatic rings. The van der Waals surface area contributed by atoms with Crippen LogP contribution in [0, 0.1) is 11.8 Å². The van der Waals surface area contributed by atoms with Gasteiger partial charge in [-0.3, -0.25) is 4.79 Å². The quantitative estimate of drug-likeness (QED) is 0.352. The van der Waals surface area contributed by atoms with Crippen LogP contribution in [0.3, 0.4) is 0 Å². The molecule has 4 heterocycles. The lowest BCUT2D eigenvalue weighted by molar-refractivity contribution is -0.140. The fourth-order valence-corrected chi connectivity index (χ4v) is 5.06. The third-order valence-corrected chi connectivity index (χ3v) is 7.27. The van der Waals surface area contributed by atoms with Gasteiger partial charge in [0.15, 0.2) is 0 Å². The maximum Gasteiger partial charge on any atom is 0.406 e. The van der Waals surface area contributed by atoms with Gasteiger partial charge in [-0.05, 0) is 67.5 Å². The van der Waals surface area contributed by atoms with Gasteiger partial charge < -0.3 is 30.0 Å². The third-order valence-electron chi connectivity index (χ3n) is 7.27. The fourth-order valence-electron chi connectivity index (χ4n) is 5.06. The number of fused-ring (bicyclic) bond motifs is 1. The number of carbonyl (C=O) groups is 1. The minimum absolute atomic E-state index is 0.0828. The number of hydrogen-bond acceptors (Lipinski definition) is 6. The van der Waals surface area contributed by atoms with Crippen molar-refractivity contribution in [2.24, 2.45) is 0 Å². The molecule has 5 rings (SSSR count). The number of rotatable bonds is 8. The lowest BCUT2D eigenvalue weighted by Crippen LogP contribution is -2.39. The molecule has 1 aromatic carbocycles. The zero-order chi connectivity index (χ0) is 28.7. The first-order chi connectivity index (χ1) is 19.8. The van der Waals surface area contributed by atoms with E-state index in [0.29, 0.717) is 48.4 Å². The van der Waals surface area contributed by atoms with Gasteiger partial charge in [0.25, 0.3) is 5.91 Å². The first-order valence-electron chi connectivity index (χ1n) is 13.9. The third kappa shape index (κ3) is 8.22. The van der Waals surface area contributed by atoms with Gasteiger partial charge in [-0.25, -0.2) is 4.98 Å². The van der Waals surface area contributed by atoms with E-state index in [1.165, 1.54) is 10.8 Å². The van der Waals surface area contributed by atoms with Gasteiger partial charge in [-0.2, -0.15) is 13.2 Å². The highest BCUT2D eigenvalue weighted by atomic mass is 19.4. The summed E-state index contributed by atoms with van der Waals surface area (Å²) < 4.78 is 52.2. The molecule has 2 aliphatic rings. The molecule has 41 heavy (non-hydrogen) atoms. The zero-order valence-electron chi connectivity index (χ0n) is 22.7. The van der Waals surface area contributed by atoms with Gasteiger partial charge in [0, 0.05) is 56.0 Å². The standard InChI is InChI=1S/C30H34F3N5O3/c31-30(32,33)20-38-26(17-22-16-21(3-6-28(22)38)18-35-23-7-12-40-13-8-23)2-1-11-34-25-4-5-27(36-19-25)29(39)37-24-9-14-41-15-10-24/h3-6,16-17,19,23-24,34-35H,7-15,18,20H2,(H,37,39). The molecule has 2 aliphatic heterocycles. The molecular formula is C30H34F3N5O3. The van der Waals surface area contributed by atoms with Crippen molar-refractivity contribution in [3.05, 3.63) is 59.5 Å². The molecule has 0 atom stereocenters. The number of amides is 1. The molecule has 11 heteroatoms. The topological polar surface area (TPSA) is 89.4 Å². The van der Waals surface area contributed by atoms with Crippen molar-refractivity contribution in [2.45, 2.75) is 57.0 Å². The van der Waals surface area contributed by atoms with Crippen LogP contribution < -0.4 is 16.0 Å². The van der Waals surface area contributed by atoms with Crippen LogP contribution >= 0.6 is 0 Å². The molecule has 0 bridgehead atoms. The van der Waals surface area contributed by atoms with E-state index in [2.05, 4.69) is 32.8 Å². The lowest BCUT2D eigenvalue weighted by atomic mass is 10.1. The minimum atomic E-state index is -4.38. The molecule has 3 N–H and O–H groups in total. The van der Waals surface area contributed by atoms with Crippen molar-refractivity contribution in [3.8, 4) is 11.8 Å². The number of ether oxygens (including phenoxy) is 2. The van der Waals surface area contributed by atoms with Crippen molar-refractivity contribution in [1.82, 2.24) is 20.2 Å². The van der Waals surface area contributed by atoms with Gasteiger partial charge in [0.2, 0.25) is 0 Å². The number of benzene rings is 1. The summed E-state index contributed by atoms with van der Waals surface area (Å²) in [7, 11) is 0. The Morgan fingerprint density at radius 3 is 2.41 bits per heavy atom. The Hall–Kier alpha value is -3.59. The average molecular weight is 570 g/mol. The van der Waals surface area contributed by atoms with Gasteiger partial charge in [-0.15, -0.1) is 0 Å². The van der Waals surface area contributed by atoms with E-state index < -0.39 is 12.7 Å². The number of anilines is 1. The highest BCUT2D eigenvalue weighted by Gasteiger charge is 2.29. The molecule has 0 spiro atoms. The van der Waals surface area contributed by atoms with E-state index in [4.69, 9.17) is 9.47 Å². The Labute approximate surface area is 237 Å². The highest BCUT2D eigenvalue weighted by Crippen LogP contribution is 2.26. The highest BCUT2D eigenvalue weighted by molar-refractivity contribution is 5.92. The average Bonchev–Trinajstić information content (AvgIpc) is 3.30. The summed E-state index contributed by atoms with van der Waals surface area (Å²) in [5.41, 5.74) is 2.76. The van der Waals surface area contributed by atoms with Gasteiger partial charge in [0.1, 0.15) is 12.2 Å².